The standard InChI is InChI=1S/C15H18N6/c1-19-6-4-13(5-7-19)21-15-3-2-14(8-12(15)9-18-21)20-10-16-17-11-20/h2-3,8-11,13H,4-7H2,1H3. The van der Waals surface area contributed by atoms with Crippen LogP contribution in [0.25, 0.3) is 16.6 Å². The van der Waals surface area contributed by atoms with Gasteiger partial charge in [0.1, 0.15) is 12.7 Å². The van der Waals surface area contributed by atoms with Gasteiger partial charge in [-0.05, 0) is 51.2 Å². The molecule has 1 fully saturated rings. The van der Waals surface area contributed by atoms with Crippen molar-refractivity contribution in [3.05, 3.63) is 37.1 Å². The lowest BCUT2D eigenvalue weighted by Crippen LogP contribution is -2.31. The quantitative estimate of drug-likeness (QED) is 0.720. The summed E-state index contributed by atoms with van der Waals surface area (Å²) in [6.07, 6.45) is 7.72. The molecule has 0 aliphatic carbocycles. The van der Waals surface area contributed by atoms with Crippen LogP contribution in [0.2, 0.25) is 0 Å². The van der Waals surface area contributed by atoms with Gasteiger partial charge < -0.3 is 4.90 Å². The van der Waals surface area contributed by atoms with Gasteiger partial charge in [-0.3, -0.25) is 9.25 Å². The van der Waals surface area contributed by atoms with E-state index in [4.69, 9.17) is 0 Å². The number of piperidine rings is 1. The number of benzene rings is 1. The summed E-state index contributed by atoms with van der Waals surface area (Å²) in [6, 6.07) is 6.89. The monoisotopic (exact) mass is 282 g/mol. The maximum atomic E-state index is 4.62. The fraction of sp³-hybridized carbons (Fsp3) is 0.400. The molecule has 21 heavy (non-hydrogen) atoms. The maximum absolute atomic E-state index is 4.62. The minimum atomic E-state index is 0.513. The molecule has 2 aromatic heterocycles. The first-order valence-electron chi connectivity index (χ1n) is 7.32. The van der Waals surface area contributed by atoms with Crippen LogP contribution >= 0.6 is 0 Å². The van der Waals surface area contributed by atoms with E-state index >= 15 is 0 Å². The van der Waals surface area contributed by atoms with Crippen LogP contribution in [0.1, 0.15) is 18.9 Å². The highest BCUT2D eigenvalue weighted by Gasteiger charge is 2.20. The van der Waals surface area contributed by atoms with Crippen molar-refractivity contribution < 1.29 is 0 Å². The summed E-state index contributed by atoms with van der Waals surface area (Å²) in [5.74, 6) is 0. The second-order valence-corrected chi connectivity index (χ2v) is 5.74. The molecule has 108 valence electrons. The molecule has 6 nitrogen and oxygen atoms in total. The summed E-state index contributed by atoms with van der Waals surface area (Å²) in [7, 11) is 2.18. The van der Waals surface area contributed by atoms with E-state index in [2.05, 4.69) is 50.1 Å². The Morgan fingerprint density at radius 2 is 1.86 bits per heavy atom. The van der Waals surface area contributed by atoms with Gasteiger partial charge >= 0.3 is 0 Å². The van der Waals surface area contributed by atoms with Crippen LogP contribution in [-0.4, -0.2) is 49.6 Å². The molecule has 0 atom stereocenters. The summed E-state index contributed by atoms with van der Waals surface area (Å²) in [5, 5.41) is 13.5. The van der Waals surface area contributed by atoms with Crippen molar-refractivity contribution >= 4 is 10.9 Å². The minimum Gasteiger partial charge on any atom is -0.306 e. The third-order valence-corrected chi connectivity index (χ3v) is 4.33. The lowest BCUT2D eigenvalue weighted by molar-refractivity contribution is 0.215. The number of aromatic nitrogens is 5. The smallest absolute Gasteiger partial charge is 0.123 e. The molecule has 6 heteroatoms. The van der Waals surface area contributed by atoms with Gasteiger partial charge in [0.25, 0.3) is 0 Å². The van der Waals surface area contributed by atoms with Gasteiger partial charge in [-0.25, -0.2) is 0 Å². The van der Waals surface area contributed by atoms with E-state index in [0.717, 1.165) is 18.8 Å². The minimum absolute atomic E-state index is 0.513. The van der Waals surface area contributed by atoms with Gasteiger partial charge in [-0.15, -0.1) is 10.2 Å². The van der Waals surface area contributed by atoms with Crippen molar-refractivity contribution in [2.24, 2.45) is 0 Å². The molecule has 3 heterocycles. The Bertz CT molecular complexity index is 737. The molecule has 0 bridgehead atoms. The van der Waals surface area contributed by atoms with Crippen molar-refractivity contribution in [3.8, 4) is 5.69 Å². The fourth-order valence-corrected chi connectivity index (χ4v) is 3.07. The van der Waals surface area contributed by atoms with Crippen molar-refractivity contribution in [2.45, 2.75) is 18.9 Å². The van der Waals surface area contributed by atoms with Crippen LogP contribution in [-0.2, 0) is 0 Å². The molecule has 0 N–H and O–H groups in total. The fourth-order valence-electron chi connectivity index (χ4n) is 3.07. The lowest BCUT2D eigenvalue weighted by Gasteiger charge is -2.29. The van der Waals surface area contributed by atoms with Gasteiger partial charge in [-0.2, -0.15) is 5.10 Å². The number of hydrogen-bond donors (Lipinski definition) is 0. The van der Waals surface area contributed by atoms with Crippen LogP contribution < -0.4 is 0 Å². The van der Waals surface area contributed by atoms with Gasteiger partial charge in [0.2, 0.25) is 0 Å². The van der Waals surface area contributed by atoms with Crippen LogP contribution in [0.4, 0.5) is 0 Å². The zero-order chi connectivity index (χ0) is 14.2. The Morgan fingerprint density at radius 1 is 1.10 bits per heavy atom. The summed E-state index contributed by atoms with van der Waals surface area (Å²) < 4.78 is 4.10. The number of fused-ring (bicyclic) bond motifs is 1. The number of hydrogen-bond acceptors (Lipinski definition) is 4. The Balaban J connectivity index is 1.69. The van der Waals surface area contributed by atoms with Gasteiger partial charge in [0.05, 0.1) is 17.8 Å². The highest BCUT2D eigenvalue weighted by molar-refractivity contribution is 5.81. The second kappa shape index (κ2) is 4.96. The number of likely N-dealkylation sites (tertiary alicyclic amines) is 1. The summed E-state index contributed by atoms with van der Waals surface area (Å²) in [4.78, 5) is 2.38. The Kier molecular flexibility index (Phi) is 2.96. The van der Waals surface area contributed by atoms with Gasteiger partial charge in [-0.1, -0.05) is 0 Å². The zero-order valence-electron chi connectivity index (χ0n) is 12.1. The average molecular weight is 282 g/mol. The van der Waals surface area contributed by atoms with Crippen LogP contribution in [0.5, 0.6) is 0 Å². The highest BCUT2D eigenvalue weighted by atomic mass is 15.3. The second-order valence-electron chi connectivity index (χ2n) is 5.74. The van der Waals surface area contributed by atoms with Crippen LogP contribution in [0, 0.1) is 0 Å². The van der Waals surface area contributed by atoms with Gasteiger partial charge in [0, 0.05) is 11.1 Å². The van der Waals surface area contributed by atoms with Crippen LogP contribution in [0.15, 0.2) is 37.1 Å². The molecule has 1 saturated heterocycles. The molecule has 1 aliphatic heterocycles. The molecule has 1 aliphatic rings. The first-order chi connectivity index (χ1) is 10.3. The van der Waals surface area contributed by atoms with Crippen molar-refractivity contribution in [3.63, 3.8) is 0 Å². The zero-order valence-corrected chi connectivity index (χ0v) is 12.1. The first kappa shape index (κ1) is 12.5. The third kappa shape index (κ3) is 2.21. The SMILES string of the molecule is CN1CCC(n2ncc3cc(-n4cnnc4)ccc32)CC1. The summed E-state index contributed by atoms with van der Waals surface area (Å²) in [6.45, 7) is 2.29. The molecule has 1 aromatic carbocycles. The van der Waals surface area contributed by atoms with E-state index in [1.165, 1.54) is 23.7 Å². The normalized spacial score (nSPS) is 17.6. The van der Waals surface area contributed by atoms with E-state index in [9.17, 15) is 0 Å². The number of nitrogens with zero attached hydrogens (tertiary/aromatic N) is 6. The molecule has 0 radical (unpaired) electrons. The first-order valence-corrected chi connectivity index (χ1v) is 7.32. The predicted molar refractivity (Wildman–Crippen MR) is 80.4 cm³/mol. The summed E-state index contributed by atoms with van der Waals surface area (Å²) in [5.41, 5.74) is 2.27. The van der Waals surface area contributed by atoms with Crippen molar-refractivity contribution in [1.82, 2.24) is 29.4 Å². The van der Waals surface area contributed by atoms with E-state index in [0.29, 0.717) is 6.04 Å². The number of rotatable bonds is 2. The van der Waals surface area contributed by atoms with Crippen molar-refractivity contribution in [2.75, 3.05) is 20.1 Å². The van der Waals surface area contributed by atoms with Crippen molar-refractivity contribution in [1.29, 1.82) is 0 Å². The Hall–Kier alpha value is -2.21. The van der Waals surface area contributed by atoms with E-state index < -0.39 is 0 Å². The van der Waals surface area contributed by atoms with Crippen LogP contribution in [0.3, 0.4) is 0 Å². The topological polar surface area (TPSA) is 51.8 Å². The third-order valence-electron chi connectivity index (χ3n) is 4.33. The van der Waals surface area contributed by atoms with E-state index in [-0.39, 0.29) is 0 Å². The summed E-state index contributed by atoms with van der Waals surface area (Å²) >= 11 is 0. The maximum Gasteiger partial charge on any atom is 0.123 e. The molecule has 4 rings (SSSR count). The Labute approximate surface area is 123 Å². The van der Waals surface area contributed by atoms with E-state index in [1.807, 2.05) is 10.8 Å². The molecule has 3 aromatic rings. The highest BCUT2D eigenvalue weighted by Crippen LogP contribution is 2.26. The molecular formula is C15H18N6. The van der Waals surface area contributed by atoms with E-state index in [1.54, 1.807) is 12.7 Å². The largest absolute Gasteiger partial charge is 0.306 e. The molecular weight excluding hydrogens is 264 g/mol. The Morgan fingerprint density at radius 3 is 2.62 bits per heavy atom. The molecule has 0 amide bonds. The predicted octanol–water partition coefficient (Wildman–Crippen LogP) is 1.88. The van der Waals surface area contributed by atoms with Gasteiger partial charge in [0.15, 0.2) is 0 Å². The lowest BCUT2D eigenvalue weighted by atomic mass is 10.1. The molecule has 0 saturated carbocycles. The molecule has 0 unspecified atom stereocenters. The average Bonchev–Trinajstić information content (AvgIpc) is 3.17. The molecule has 0 spiro atoms.